The summed E-state index contributed by atoms with van der Waals surface area (Å²) in [5.41, 5.74) is 3.42. The van der Waals surface area contributed by atoms with Gasteiger partial charge >= 0.3 is 5.97 Å². The molecule has 1 aliphatic rings. The highest BCUT2D eigenvalue weighted by Crippen LogP contribution is 2.32. The molecule has 2 aromatic carbocycles. The number of carbonyl (C=O) groups excluding carboxylic acids is 2. The van der Waals surface area contributed by atoms with Gasteiger partial charge in [0.2, 0.25) is 0 Å². The fourth-order valence-electron chi connectivity index (χ4n) is 4.00. The first-order valence-corrected chi connectivity index (χ1v) is 11.6. The van der Waals surface area contributed by atoms with Gasteiger partial charge < -0.3 is 15.7 Å². The first-order chi connectivity index (χ1) is 16.8. The third kappa shape index (κ3) is 5.70. The predicted octanol–water partition coefficient (Wildman–Crippen LogP) is 5.52. The zero-order chi connectivity index (χ0) is 24.9. The van der Waals surface area contributed by atoms with Crippen LogP contribution in [0.25, 0.3) is 5.57 Å². The van der Waals surface area contributed by atoms with Gasteiger partial charge in [-0.3, -0.25) is 19.4 Å². The molecule has 4 rings (SSSR count). The number of hydrogen-bond donors (Lipinski definition) is 3. The van der Waals surface area contributed by atoms with Crippen molar-refractivity contribution >= 4 is 52.1 Å². The van der Waals surface area contributed by atoms with E-state index in [0.29, 0.717) is 29.7 Å². The van der Waals surface area contributed by atoms with Gasteiger partial charge in [0, 0.05) is 35.8 Å². The SMILES string of the molecule is O=C(O)CC(NC1=C(c2ccccc2)C(=O)CC1)c1ccc(NC(=O)c2c(Cl)cncc2Cl)cc1. The number of nitrogens with one attached hydrogen (secondary N) is 2. The number of benzene rings is 2. The Morgan fingerprint density at radius 3 is 2.26 bits per heavy atom. The van der Waals surface area contributed by atoms with Gasteiger partial charge in [-0.15, -0.1) is 0 Å². The monoisotopic (exact) mass is 509 g/mol. The molecule has 9 heteroatoms. The molecule has 1 heterocycles. The van der Waals surface area contributed by atoms with Crippen LogP contribution in [0.1, 0.15) is 46.8 Å². The van der Waals surface area contributed by atoms with Crippen LogP contribution < -0.4 is 10.6 Å². The molecule has 3 N–H and O–H groups in total. The number of halogens is 2. The lowest BCUT2D eigenvalue weighted by atomic mass is 10.0. The van der Waals surface area contributed by atoms with E-state index in [1.165, 1.54) is 12.4 Å². The van der Waals surface area contributed by atoms with Crippen molar-refractivity contribution in [1.82, 2.24) is 10.3 Å². The zero-order valence-electron chi connectivity index (χ0n) is 18.4. The van der Waals surface area contributed by atoms with Crippen LogP contribution in [0.4, 0.5) is 5.69 Å². The number of amides is 1. The molecule has 1 amide bonds. The minimum Gasteiger partial charge on any atom is -0.481 e. The van der Waals surface area contributed by atoms with Crippen molar-refractivity contribution < 1.29 is 19.5 Å². The van der Waals surface area contributed by atoms with Crippen LogP contribution in [-0.4, -0.2) is 27.8 Å². The van der Waals surface area contributed by atoms with E-state index in [1.54, 1.807) is 24.3 Å². The summed E-state index contributed by atoms with van der Waals surface area (Å²) in [6, 6.07) is 15.5. The Hall–Kier alpha value is -3.68. The maximum atomic E-state index is 12.6. The number of carboxylic acids is 1. The van der Waals surface area contributed by atoms with E-state index in [4.69, 9.17) is 23.2 Å². The number of aromatic nitrogens is 1. The van der Waals surface area contributed by atoms with Gasteiger partial charge in [-0.1, -0.05) is 65.7 Å². The minimum absolute atomic E-state index is 0.0271. The second-order valence-electron chi connectivity index (χ2n) is 7.99. The predicted molar refractivity (Wildman–Crippen MR) is 134 cm³/mol. The highest BCUT2D eigenvalue weighted by atomic mass is 35.5. The van der Waals surface area contributed by atoms with Crippen LogP contribution >= 0.6 is 23.2 Å². The zero-order valence-corrected chi connectivity index (χ0v) is 19.9. The third-order valence-corrected chi connectivity index (χ3v) is 6.20. The number of Topliss-reactive ketones (excluding diaryl/α,β-unsaturated/α-hetero) is 1. The summed E-state index contributed by atoms with van der Waals surface area (Å²) in [7, 11) is 0. The topological polar surface area (TPSA) is 108 Å². The summed E-state index contributed by atoms with van der Waals surface area (Å²) in [6.07, 6.45) is 3.37. The Kier molecular flexibility index (Phi) is 7.48. The third-order valence-electron chi connectivity index (χ3n) is 5.62. The van der Waals surface area contributed by atoms with Gasteiger partial charge in [0.15, 0.2) is 5.78 Å². The summed E-state index contributed by atoms with van der Waals surface area (Å²) in [4.78, 5) is 40.6. The lowest BCUT2D eigenvalue weighted by Crippen LogP contribution is -2.23. The van der Waals surface area contributed by atoms with Gasteiger partial charge in [0.1, 0.15) is 0 Å². The molecule has 0 radical (unpaired) electrons. The van der Waals surface area contributed by atoms with E-state index in [-0.39, 0.29) is 27.8 Å². The Balaban J connectivity index is 1.56. The molecule has 0 spiro atoms. The van der Waals surface area contributed by atoms with Gasteiger partial charge in [0.05, 0.1) is 28.1 Å². The number of rotatable bonds is 8. The van der Waals surface area contributed by atoms with Crippen LogP contribution in [0, 0.1) is 0 Å². The van der Waals surface area contributed by atoms with Crippen molar-refractivity contribution in [3.05, 3.63) is 99.4 Å². The van der Waals surface area contributed by atoms with E-state index >= 15 is 0 Å². The number of ketones is 1. The summed E-state index contributed by atoms with van der Waals surface area (Å²) >= 11 is 12.1. The molecule has 0 fully saturated rings. The van der Waals surface area contributed by atoms with Crippen LogP contribution in [0.5, 0.6) is 0 Å². The molecule has 7 nitrogen and oxygen atoms in total. The van der Waals surface area contributed by atoms with Crippen molar-refractivity contribution in [2.24, 2.45) is 0 Å². The number of nitrogens with zero attached hydrogens (tertiary/aromatic N) is 1. The standard InChI is InChI=1S/C26H21Cl2N3O4/c27-18-13-29-14-19(28)25(18)26(35)30-17-8-6-15(7-9-17)21(12-23(33)34)31-20-10-11-22(32)24(20)16-4-2-1-3-5-16/h1-9,13-14,21,31H,10-12H2,(H,30,35)(H,33,34). The molecular formula is C26H21Cl2N3O4. The molecule has 0 saturated heterocycles. The number of pyridine rings is 1. The molecule has 1 aliphatic carbocycles. The first-order valence-electron chi connectivity index (χ1n) is 10.8. The lowest BCUT2D eigenvalue weighted by molar-refractivity contribution is -0.137. The number of allylic oxidation sites excluding steroid dienone is 2. The lowest BCUT2D eigenvalue weighted by Gasteiger charge is -2.21. The van der Waals surface area contributed by atoms with E-state index < -0.39 is 17.9 Å². The number of anilines is 1. The first kappa shape index (κ1) is 24.4. The highest BCUT2D eigenvalue weighted by Gasteiger charge is 2.27. The summed E-state index contributed by atoms with van der Waals surface area (Å²) in [6.45, 7) is 0. The number of carboxylic acid groups (broad SMARTS) is 1. The van der Waals surface area contributed by atoms with Gasteiger partial charge in [-0.2, -0.15) is 0 Å². The molecule has 35 heavy (non-hydrogen) atoms. The number of hydrogen-bond acceptors (Lipinski definition) is 5. The van der Waals surface area contributed by atoms with Crippen LogP contribution in [0.2, 0.25) is 10.0 Å². The van der Waals surface area contributed by atoms with E-state index in [2.05, 4.69) is 15.6 Å². The fourth-order valence-corrected chi connectivity index (χ4v) is 4.54. The smallest absolute Gasteiger partial charge is 0.305 e. The Morgan fingerprint density at radius 1 is 0.971 bits per heavy atom. The largest absolute Gasteiger partial charge is 0.481 e. The minimum atomic E-state index is -0.979. The van der Waals surface area contributed by atoms with Gasteiger partial charge in [0.25, 0.3) is 5.91 Å². The molecule has 1 aromatic heterocycles. The number of aliphatic carboxylic acids is 1. The Morgan fingerprint density at radius 2 is 1.63 bits per heavy atom. The van der Waals surface area contributed by atoms with E-state index in [1.807, 2.05) is 30.3 Å². The average Bonchev–Trinajstić information content (AvgIpc) is 3.19. The molecule has 0 saturated carbocycles. The van der Waals surface area contributed by atoms with Crippen molar-refractivity contribution in [3.8, 4) is 0 Å². The number of carbonyl (C=O) groups is 3. The molecular weight excluding hydrogens is 489 g/mol. The fraction of sp³-hybridized carbons (Fsp3) is 0.154. The van der Waals surface area contributed by atoms with Crippen molar-refractivity contribution in [2.75, 3.05) is 5.32 Å². The molecule has 0 aliphatic heterocycles. The van der Waals surface area contributed by atoms with Crippen molar-refractivity contribution in [3.63, 3.8) is 0 Å². The quantitative estimate of drug-likeness (QED) is 0.368. The summed E-state index contributed by atoms with van der Waals surface area (Å²) < 4.78 is 0. The van der Waals surface area contributed by atoms with Crippen molar-refractivity contribution in [1.29, 1.82) is 0 Å². The summed E-state index contributed by atoms with van der Waals surface area (Å²) in [5, 5.41) is 15.8. The Labute approximate surface area is 211 Å². The van der Waals surface area contributed by atoms with Crippen molar-refractivity contribution in [2.45, 2.75) is 25.3 Å². The summed E-state index contributed by atoms with van der Waals surface area (Å²) in [5.74, 6) is -1.44. The molecule has 0 bridgehead atoms. The average molecular weight is 510 g/mol. The molecule has 1 atom stereocenters. The molecule has 1 unspecified atom stereocenters. The van der Waals surface area contributed by atoms with E-state index in [0.717, 1.165) is 11.3 Å². The highest BCUT2D eigenvalue weighted by molar-refractivity contribution is 6.40. The normalized spacial score (nSPS) is 14.1. The van der Waals surface area contributed by atoms with Crippen LogP contribution in [-0.2, 0) is 9.59 Å². The van der Waals surface area contributed by atoms with Crippen LogP contribution in [0.15, 0.2) is 72.7 Å². The maximum Gasteiger partial charge on any atom is 0.305 e. The second-order valence-corrected chi connectivity index (χ2v) is 8.81. The maximum absolute atomic E-state index is 12.6. The molecule has 3 aromatic rings. The van der Waals surface area contributed by atoms with Gasteiger partial charge in [-0.05, 0) is 29.7 Å². The Bertz CT molecular complexity index is 1290. The van der Waals surface area contributed by atoms with E-state index in [9.17, 15) is 19.5 Å². The van der Waals surface area contributed by atoms with Crippen LogP contribution in [0.3, 0.4) is 0 Å². The second kappa shape index (κ2) is 10.7. The molecule has 178 valence electrons. The van der Waals surface area contributed by atoms with Gasteiger partial charge in [-0.25, -0.2) is 0 Å².